The van der Waals surface area contributed by atoms with E-state index in [-0.39, 0.29) is 36.1 Å². The molecule has 2 aromatic rings. The molecule has 10 nitrogen and oxygen atoms in total. The van der Waals surface area contributed by atoms with Gasteiger partial charge in [0.05, 0.1) is 5.56 Å². The van der Waals surface area contributed by atoms with Gasteiger partial charge in [0.2, 0.25) is 5.78 Å². The number of hydrogen-bond donors (Lipinski definition) is 7. The van der Waals surface area contributed by atoms with Crippen LogP contribution >= 0.6 is 0 Å². The van der Waals surface area contributed by atoms with E-state index in [2.05, 4.69) is 10.3 Å². The molecule has 0 unspecified atom stereocenters. The number of ketones is 2. The van der Waals surface area contributed by atoms with Crippen molar-refractivity contribution in [2.24, 2.45) is 17.6 Å². The number of nitrogens with two attached hydrogens (primary N) is 1. The van der Waals surface area contributed by atoms with Gasteiger partial charge in [-0.15, -0.1) is 0 Å². The maximum atomic E-state index is 13.5. The maximum absolute atomic E-state index is 13.5. The molecule has 35 heavy (non-hydrogen) atoms. The maximum Gasteiger partial charge on any atom is 0.255 e. The molecule has 0 radical (unpaired) electrons. The van der Waals surface area contributed by atoms with E-state index < -0.39 is 52.0 Å². The molecule has 0 bridgehead atoms. The molecule has 1 amide bonds. The van der Waals surface area contributed by atoms with Crippen molar-refractivity contribution in [2.45, 2.75) is 38.0 Å². The number of carbonyl (C=O) groups is 3. The first-order chi connectivity index (χ1) is 16.6. The molecule has 0 saturated carbocycles. The van der Waals surface area contributed by atoms with E-state index in [9.17, 15) is 34.8 Å². The first-order valence-corrected chi connectivity index (χ1v) is 11.3. The van der Waals surface area contributed by atoms with Crippen molar-refractivity contribution < 1.29 is 34.8 Å². The predicted octanol–water partition coefficient (Wildman–Crippen LogP) is 1.20. The molecule has 8 N–H and O–H groups in total. The molecule has 0 fully saturated rings. The van der Waals surface area contributed by atoms with Crippen molar-refractivity contribution in [1.29, 1.82) is 0 Å². The number of aromatic nitrogens is 1. The van der Waals surface area contributed by atoms with E-state index in [1.807, 2.05) is 18.3 Å². The second-order valence-corrected chi connectivity index (χ2v) is 9.31. The molecule has 0 saturated heterocycles. The third kappa shape index (κ3) is 3.36. The van der Waals surface area contributed by atoms with Crippen LogP contribution in [0, 0.1) is 11.8 Å². The number of aliphatic hydroxyl groups is 3. The highest BCUT2D eigenvalue weighted by atomic mass is 16.3. The van der Waals surface area contributed by atoms with E-state index in [4.69, 9.17) is 5.73 Å². The molecule has 1 aromatic carbocycles. The number of phenols is 1. The lowest BCUT2D eigenvalue weighted by Crippen LogP contribution is -2.57. The molecule has 3 aliphatic carbocycles. The van der Waals surface area contributed by atoms with Crippen LogP contribution in [0.1, 0.15) is 40.0 Å². The van der Waals surface area contributed by atoms with Crippen molar-refractivity contribution in [1.82, 2.24) is 10.3 Å². The highest BCUT2D eigenvalue weighted by Gasteiger charge is 2.59. The molecule has 1 aromatic heterocycles. The Morgan fingerprint density at radius 3 is 2.60 bits per heavy atom. The number of rotatable bonds is 5. The van der Waals surface area contributed by atoms with E-state index in [0.717, 1.165) is 11.3 Å². The van der Waals surface area contributed by atoms with Gasteiger partial charge in [-0.1, -0.05) is 6.07 Å². The third-order valence-corrected chi connectivity index (χ3v) is 7.34. The summed E-state index contributed by atoms with van der Waals surface area (Å²) in [6.07, 6.45) is 1.95. The van der Waals surface area contributed by atoms with Crippen molar-refractivity contribution >= 4 is 17.5 Å². The average Bonchev–Trinajstić information content (AvgIpc) is 3.31. The van der Waals surface area contributed by atoms with Gasteiger partial charge in [0.1, 0.15) is 22.8 Å². The van der Waals surface area contributed by atoms with E-state index >= 15 is 0 Å². The van der Waals surface area contributed by atoms with Gasteiger partial charge < -0.3 is 36.5 Å². The highest BCUT2D eigenvalue weighted by Crippen LogP contribution is 2.51. The lowest BCUT2D eigenvalue weighted by Gasteiger charge is -2.45. The molecular formula is C25H25N3O7. The van der Waals surface area contributed by atoms with Crippen LogP contribution in [0.3, 0.4) is 0 Å². The fourth-order valence-corrected chi connectivity index (χ4v) is 5.66. The van der Waals surface area contributed by atoms with Gasteiger partial charge in [-0.2, -0.15) is 0 Å². The number of benzene rings is 1. The van der Waals surface area contributed by atoms with Crippen LogP contribution in [0.15, 0.2) is 53.1 Å². The zero-order valence-electron chi connectivity index (χ0n) is 18.7. The largest absolute Gasteiger partial charge is 0.511 e. The summed E-state index contributed by atoms with van der Waals surface area (Å²) in [5.41, 5.74) is 4.14. The van der Waals surface area contributed by atoms with Crippen LogP contribution in [0.25, 0.3) is 0 Å². The fraction of sp³-hybridized carbons (Fsp3) is 0.320. The number of aromatic hydroxyl groups is 1. The second kappa shape index (κ2) is 8.10. The quantitative estimate of drug-likeness (QED) is 0.312. The number of primary amides is 1. The van der Waals surface area contributed by atoms with Crippen LogP contribution in [-0.4, -0.2) is 48.5 Å². The Hall–Kier alpha value is -3.89. The predicted molar refractivity (Wildman–Crippen MR) is 122 cm³/mol. The van der Waals surface area contributed by atoms with Crippen molar-refractivity contribution in [3.63, 3.8) is 0 Å². The standard InChI is InChI=1S/C25H25N3O7/c26-24(34)20-17(30)8-13-6-12-7-15-11(9-27-10-14-2-1-5-28-14)3-4-16(29)19(15)21(31)18(12)22(32)25(13,35)23(20)33/h1-5,12-13,27-30,32,35H,6-10H2,(H2,26,34)/t12-,13+,25+/m1/s1. The molecule has 1 heterocycles. The first-order valence-electron chi connectivity index (χ1n) is 11.3. The lowest BCUT2D eigenvalue weighted by atomic mass is 9.60. The zero-order chi connectivity index (χ0) is 25.1. The monoisotopic (exact) mass is 479 g/mol. The van der Waals surface area contributed by atoms with Crippen LogP contribution in [0.5, 0.6) is 5.75 Å². The second-order valence-electron chi connectivity index (χ2n) is 9.31. The number of fused-ring (bicyclic) bond motifs is 3. The molecule has 182 valence electrons. The Bertz CT molecular complexity index is 1320. The van der Waals surface area contributed by atoms with Crippen LogP contribution in [-0.2, 0) is 29.1 Å². The van der Waals surface area contributed by atoms with Gasteiger partial charge in [-0.25, -0.2) is 0 Å². The number of aliphatic hydroxyl groups excluding tert-OH is 2. The number of H-pyrrole nitrogens is 1. The summed E-state index contributed by atoms with van der Waals surface area (Å²) >= 11 is 0. The highest BCUT2D eigenvalue weighted by molar-refractivity contribution is 6.24. The van der Waals surface area contributed by atoms with Gasteiger partial charge in [0, 0.05) is 42.9 Å². The molecular weight excluding hydrogens is 454 g/mol. The summed E-state index contributed by atoms with van der Waals surface area (Å²) in [4.78, 5) is 41.3. The Morgan fingerprint density at radius 1 is 1.14 bits per heavy atom. The molecule has 10 heteroatoms. The lowest BCUT2D eigenvalue weighted by molar-refractivity contribution is -0.144. The van der Waals surface area contributed by atoms with Gasteiger partial charge in [0.15, 0.2) is 11.4 Å². The first kappa shape index (κ1) is 22.9. The van der Waals surface area contributed by atoms with E-state index in [0.29, 0.717) is 18.7 Å². The summed E-state index contributed by atoms with van der Waals surface area (Å²) in [6.45, 7) is 0.987. The van der Waals surface area contributed by atoms with Crippen LogP contribution in [0.2, 0.25) is 0 Å². The SMILES string of the molecule is NC(=O)C1=C(O)C[C@@H]2C[C@@H]3Cc4c(CNCc5ccc[nH]5)ccc(O)c4C(=O)C3=C(O)[C@]2(O)C1=O. The number of Topliss-reactive ketones (excluding diaryl/α,β-unsaturated/α-hetero) is 2. The summed E-state index contributed by atoms with van der Waals surface area (Å²) in [5.74, 6) is -6.30. The Balaban J connectivity index is 1.53. The number of allylic oxidation sites excluding steroid dienone is 2. The van der Waals surface area contributed by atoms with E-state index in [1.54, 1.807) is 6.07 Å². The number of hydrogen-bond acceptors (Lipinski definition) is 8. The molecule has 3 aliphatic rings. The molecule has 3 atom stereocenters. The topological polar surface area (TPSA) is 186 Å². The Labute approximate surface area is 199 Å². The van der Waals surface area contributed by atoms with Gasteiger partial charge in [-0.3, -0.25) is 14.4 Å². The fourth-order valence-electron chi connectivity index (χ4n) is 5.66. The minimum atomic E-state index is -2.56. The zero-order valence-corrected chi connectivity index (χ0v) is 18.7. The summed E-state index contributed by atoms with van der Waals surface area (Å²) < 4.78 is 0. The summed E-state index contributed by atoms with van der Waals surface area (Å²) in [6, 6.07) is 6.95. The van der Waals surface area contributed by atoms with E-state index in [1.165, 1.54) is 6.07 Å². The number of amides is 1. The summed E-state index contributed by atoms with van der Waals surface area (Å²) in [7, 11) is 0. The normalized spacial score (nSPS) is 25.9. The van der Waals surface area contributed by atoms with Crippen molar-refractivity contribution in [2.75, 3.05) is 0 Å². The smallest absolute Gasteiger partial charge is 0.255 e. The van der Waals surface area contributed by atoms with Gasteiger partial charge >= 0.3 is 0 Å². The Kier molecular flexibility index (Phi) is 5.30. The Morgan fingerprint density at radius 2 is 1.91 bits per heavy atom. The van der Waals surface area contributed by atoms with Crippen molar-refractivity contribution in [3.8, 4) is 5.75 Å². The number of nitrogens with one attached hydrogen (secondary N) is 2. The minimum absolute atomic E-state index is 0.0146. The van der Waals surface area contributed by atoms with Crippen molar-refractivity contribution in [3.05, 3.63) is 75.5 Å². The van der Waals surface area contributed by atoms with Crippen LogP contribution < -0.4 is 11.1 Å². The number of carbonyl (C=O) groups excluding carboxylic acids is 3. The van der Waals surface area contributed by atoms with Crippen LogP contribution in [0.4, 0.5) is 0 Å². The van der Waals surface area contributed by atoms with Gasteiger partial charge in [0.25, 0.3) is 5.91 Å². The molecule has 5 rings (SSSR count). The summed E-state index contributed by atoms with van der Waals surface area (Å²) in [5, 5.41) is 46.4. The minimum Gasteiger partial charge on any atom is -0.511 e. The number of phenolic OH excluding ortho intramolecular Hbond substituents is 1. The third-order valence-electron chi connectivity index (χ3n) is 7.34. The molecule has 0 spiro atoms. The number of aromatic amines is 1. The van der Waals surface area contributed by atoms with Gasteiger partial charge in [-0.05, 0) is 48.1 Å². The molecule has 0 aliphatic heterocycles. The average molecular weight is 479 g/mol.